The van der Waals surface area contributed by atoms with E-state index in [0.29, 0.717) is 0 Å². The number of aryl methyl sites for hydroxylation is 1. The number of thiazole rings is 1. The first kappa shape index (κ1) is 9.34. The fourth-order valence-corrected chi connectivity index (χ4v) is 3.47. The highest BCUT2D eigenvalue weighted by Crippen LogP contribution is 2.23. The predicted octanol–water partition coefficient (Wildman–Crippen LogP) is 2.11. The standard InChI is InChI=1S/C9H13NOS2/c1-12-6-10-7-4-2-3-5-8(7)13-9(10)11/h2-6H2,1H3. The lowest BCUT2D eigenvalue weighted by Gasteiger charge is -2.12. The lowest BCUT2D eigenvalue weighted by atomic mass is 10.0. The number of nitrogens with zero attached hydrogens (tertiary/aromatic N) is 1. The summed E-state index contributed by atoms with van der Waals surface area (Å²) in [4.78, 5) is 13.1. The summed E-state index contributed by atoms with van der Waals surface area (Å²) in [5.41, 5.74) is 1.32. The Kier molecular flexibility index (Phi) is 2.79. The lowest BCUT2D eigenvalue weighted by molar-refractivity contribution is 0.643. The van der Waals surface area contributed by atoms with Crippen LogP contribution in [0.5, 0.6) is 0 Å². The number of hydrogen-bond acceptors (Lipinski definition) is 3. The molecule has 1 aromatic heterocycles. The van der Waals surface area contributed by atoms with Gasteiger partial charge in [0.05, 0.1) is 5.88 Å². The van der Waals surface area contributed by atoms with Crippen LogP contribution in [0.4, 0.5) is 0 Å². The van der Waals surface area contributed by atoms with E-state index < -0.39 is 0 Å². The number of rotatable bonds is 2. The Morgan fingerprint density at radius 2 is 2.23 bits per heavy atom. The lowest BCUT2D eigenvalue weighted by Crippen LogP contribution is -2.15. The molecule has 0 unspecified atom stereocenters. The molecule has 0 saturated heterocycles. The normalized spacial score (nSPS) is 15.8. The minimum absolute atomic E-state index is 0.237. The molecule has 0 aliphatic heterocycles. The SMILES string of the molecule is CSCn1c2c(sc1=O)CCCC2. The van der Waals surface area contributed by atoms with Crippen LogP contribution in [0.1, 0.15) is 23.4 Å². The molecule has 1 aliphatic carbocycles. The minimum Gasteiger partial charge on any atom is -0.293 e. The van der Waals surface area contributed by atoms with E-state index in [2.05, 4.69) is 0 Å². The quantitative estimate of drug-likeness (QED) is 0.754. The summed E-state index contributed by atoms with van der Waals surface area (Å²) in [6.45, 7) is 0. The molecule has 1 heterocycles. The molecule has 0 amide bonds. The molecule has 0 radical (unpaired) electrons. The summed E-state index contributed by atoms with van der Waals surface area (Å²) in [6.07, 6.45) is 6.77. The number of thioether (sulfide) groups is 1. The van der Waals surface area contributed by atoms with Gasteiger partial charge in [0, 0.05) is 10.6 Å². The molecule has 0 saturated carbocycles. The maximum Gasteiger partial charge on any atom is 0.308 e. The summed E-state index contributed by atoms with van der Waals surface area (Å²) in [5.74, 6) is 0.824. The molecule has 4 heteroatoms. The Bertz CT molecular complexity index is 353. The van der Waals surface area contributed by atoms with Gasteiger partial charge in [-0.05, 0) is 31.9 Å². The molecule has 2 nitrogen and oxygen atoms in total. The molecule has 1 aromatic rings. The fourth-order valence-electron chi connectivity index (χ4n) is 1.79. The number of aromatic nitrogens is 1. The summed E-state index contributed by atoms with van der Waals surface area (Å²) in [7, 11) is 0. The summed E-state index contributed by atoms with van der Waals surface area (Å²) >= 11 is 3.17. The highest BCUT2D eigenvalue weighted by molar-refractivity contribution is 7.97. The van der Waals surface area contributed by atoms with E-state index in [9.17, 15) is 4.79 Å². The van der Waals surface area contributed by atoms with Gasteiger partial charge in [0.15, 0.2) is 0 Å². The third kappa shape index (κ3) is 1.70. The van der Waals surface area contributed by atoms with Crippen molar-refractivity contribution in [2.24, 2.45) is 0 Å². The molecule has 13 heavy (non-hydrogen) atoms. The summed E-state index contributed by atoms with van der Waals surface area (Å²) < 4.78 is 1.95. The first-order chi connectivity index (χ1) is 6.33. The molecule has 0 bridgehead atoms. The number of fused-ring (bicyclic) bond motifs is 1. The van der Waals surface area contributed by atoms with Crippen LogP contribution < -0.4 is 4.87 Å². The average molecular weight is 215 g/mol. The highest BCUT2D eigenvalue weighted by Gasteiger charge is 2.17. The Hall–Kier alpha value is -0.220. The fraction of sp³-hybridized carbons (Fsp3) is 0.667. The molecule has 0 fully saturated rings. The molecular formula is C9H13NOS2. The van der Waals surface area contributed by atoms with Gasteiger partial charge >= 0.3 is 4.87 Å². The average Bonchev–Trinajstić information content (AvgIpc) is 2.44. The van der Waals surface area contributed by atoms with Crippen molar-refractivity contribution in [1.29, 1.82) is 0 Å². The van der Waals surface area contributed by atoms with E-state index in [0.717, 1.165) is 18.7 Å². The first-order valence-corrected chi connectivity index (χ1v) is 6.74. The van der Waals surface area contributed by atoms with Gasteiger partial charge in [-0.2, -0.15) is 0 Å². The van der Waals surface area contributed by atoms with Crippen molar-refractivity contribution in [2.45, 2.75) is 31.6 Å². The van der Waals surface area contributed by atoms with Crippen molar-refractivity contribution in [2.75, 3.05) is 6.26 Å². The molecule has 72 valence electrons. The van der Waals surface area contributed by atoms with Crippen molar-refractivity contribution in [3.63, 3.8) is 0 Å². The monoisotopic (exact) mass is 215 g/mol. The first-order valence-electron chi connectivity index (χ1n) is 4.53. The van der Waals surface area contributed by atoms with Crippen LogP contribution >= 0.6 is 23.1 Å². The van der Waals surface area contributed by atoms with Gasteiger partial charge in [-0.15, -0.1) is 11.8 Å². The summed E-state index contributed by atoms with van der Waals surface area (Å²) in [5, 5.41) is 0. The van der Waals surface area contributed by atoms with E-state index in [1.165, 1.54) is 34.7 Å². The smallest absolute Gasteiger partial charge is 0.293 e. The van der Waals surface area contributed by atoms with Crippen LogP contribution in [0.2, 0.25) is 0 Å². The van der Waals surface area contributed by atoms with Gasteiger partial charge in [-0.25, -0.2) is 0 Å². The van der Waals surface area contributed by atoms with Crippen molar-refractivity contribution in [3.8, 4) is 0 Å². The van der Waals surface area contributed by atoms with E-state index in [1.54, 1.807) is 11.8 Å². The van der Waals surface area contributed by atoms with Crippen molar-refractivity contribution in [3.05, 3.63) is 20.2 Å². The predicted molar refractivity (Wildman–Crippen MR) is 58.7 cm³/mol. The van der Waals surface area contributed by atoms with Gasteiger partial charge in [-0.3, -0.25) is 9.36 Å². The molecule has 0 N–H and O–H groups in total. The summed E-state index contributed by atoms with van der Waals surface area (Å²) in [6, 6.07) is 0. The Morgan fingerprint density at radius 3 is 3.00 bits per heavy atom. The topological polar surface area (TPSA) is 22.0 Å². The second kappa shape index (κ2) is 3.88. The molecular weight excluding hydrogens is 202 g/mol. The van der Waals surface area contributed by atoms with Crippen LogP contribution in [-0.2, 0) is 18.7 Å². The minimum atomic E-state index is 0.237. The van der Waals surface area contributed by atoms with E-state index >= 15 is 0 Å². The van der Waals surface area contributed by atoms with Crippen LogP contribution in [-0.4, -0.2) is 10.8 Å². The molecule has 0 aromatic carbocycles. The largest absolute Gasteiger partial charge is 0.308 e. The third-order valence-electron chi connectivity index (χ3n) is 2.40. The highest BCUT2D eigenvalue weighted by atomic mass is 32.2. The number of hydrogen-bond donors (Lipinski definition) is 0. The van der Waals surface area contributed by atoms with E-state index in [4.69, 9.17) is 0 Å². The zero-order chi connectivity index (χ0) is 9.26. The maximum absolute atomic E-state index is 11.6. The molecule has 2 rings (SSSR count). The van der Waals surface area contributed by atoms with Crippen LogP contribution in [0.3, 0.4) is 0 Å². The second-order valence-corrected chi connectivity index (χ2v) is 5.17. The molecule has 0 atom stereocenters. The van der Waals surface area contributed by atoms with Crippen molar-refractivity contribution < 1.29 is 0 Å². The Balaban J connectivity index is 2.42. The van der Waals surface area contributed by atoms with Gasteiger partial charge in [0.2, 0.25) is 0 Å². The zero-order valence-electron chi connectivity index (χ0n) is 7.71. The zero-order valence-corrected chi connectivity index (χ0v) is 9.34. The van der Waals surface area contributed by atoms with E-state index in [-0.39, 0.29) is 4.87 Å². The van der Waals surface area contributed by atoms with Gasteiger partial charge < -0.3 is 0 Å². The molecule has 0 spiro atoms. The third-order valence-corrected chi connectivity index (χ3v) is 4.00. The second-order valence-electron chi connectivity index (χ2n) is 3.29. The van der Waals surface area contributed by atoms with Gasteiger partial charge in [0.1, 0.15) is 0 Å². The van der Waals surface area contributed by atoms with E-state index in [1.807, 2.05) is 10.8 Å². The Morgan fingerprint density at radius 1 is 1.46 bits per heavy atom. The van der Waals surface area contributed by atoms with Crippen molar-refractivity contribution >= 4 is 23.1 Å². The molecule has 1 aliphatic rings. The maximum atomic E-state index is 11.6. The van der Waals surface area contributed by atoms with Gasteiger partial charge in [0.25, 0.3) is 0 Å². The van der Waals surface area contributed by atoms with Gasteiger partial charge in [-0.1, -0.05) is 11.3 Å². The van der Waals surface area contributed by atoms with Crippen LogP contribution in [0, 0.1) is 0 Å². The van der Waals surface area contributed by atoms with Crippen LogP contribution in [0.25, 0.3) is 0 Å². The van der Waals surface area contributed by atoms with Crippen LogP contribution in [0.15, 0.2) is 4.79 Å². The van der Waals surface area contributed by atoms with Crippen molar-refractivity contribution in [1.82, 2.24) is 4.57 Å². The Labute approximate surface area is 86.0 Å².